The van der Waals surface area contributed by atoms with Crippen LogP contribution in [0.15, 0.2) is 12.2 Å². The van der Waals surface area contributed by atoms with Gasteiger partial charge in [0, 0.05) is 12.3 Å². The van der Waals surface area contributed by atoms with Crippen LogP contribution in [-0.4, -0.2) is 34.9 Å². The first kappa shape index (κ1) is 20.8. The van der Waals surface area contributed by atoms with Crippen molar-refractivity contribution in [3.63, 3.8) is 0 Å². The highest BCUT2D eigenvalue weighted by atomic mass is 16.6. The Balaban J connectivity index is 2.22. The van der Waals surface area contributed by atoms with Gasteiger partial charge in [0.25, 0.3) is 6.29 Å². The molecule has 1 aliphatic rings. The van der Waals surface area contributed by atoms with Gasteiger partial charge in [0.1, 0.15) is 5.78 Å². The van der Waals surface area contributed by atoms with Gasteiger partial charge in [-0.1, -0.05) is 44.8 Å². The number of carboxylic acids is 1. The third-order valence-electron chi connectivity index (χ3n) is 4.66. The van der Waals surface area contributed by atoms with Crippen LogP contribution in [0.4, 0.5) is 0 Å². The number of aliphatic hydroxyl groups is 1. The number of allylic oxidation sites excluding steroid dienone is 2. The second kappa shape index (κ2) is 12.2. The molecule has 0 amide bonds. The number of rotatable bonds is 13. The van der Waals surface area contributed by atoms with E-state index in [4.69, 9.17) is 14.9 Å². The molecular formula is C19H32O5. The normalized spacial score (nSPS) is 22.3. The van der Waals surface area contributed by atoms with E-state index in [1.165, 1.54) is 25.7 Å². The van der Waals surface area contributed by atoms with Crippen molar-refractivity contribution in [2.75, 3.05) is 6.61 Å². The molecule has 1 aliphatic carbocycles. The minimum Gasteiger partial charge on any atom is -0.477 e. The predicted octanol–water partition coefficient (Wildman–Crippen LogP) is 3.70. The molecule has 0 aliphatic heterocycles. The van der Waals surface area contributed by atoms with Crippen LogP contribution in [0.1, 0.15) is 71.1 Å². The Kier molecular flexibility index (Phi) is 10.6. The molecule has 0 bridgehead atoms. The number of ether oxygens (including phenoxy) is 1. The van der Waals surface area contributed by atoms with Crippen LogP contribution in [0.2, 0.25) is 0 Å². The Morgan fingerprint density at radius 1 is 1.29 bits per heavy atom. The van der Waals surface area contributed by atoms with Crippen molar-refractivity contribution in [2.45, 2.75) is 77.4 Å². The summed E-state index contributed by atoms with van der Waals surface area (Å²) in [6, 6.07) is 0. The summed E-state index contributed by atoms with van der Waals surface area (Å²) in [7, 11) is 0. The lowest BCUT2D eigenvalue weighted by atomic mass is 9.90. The van der Waals surface area contributed by atoms with Gasteiger partial charge in [0.05, 0.1) is 6.61 Å². The number of carboxylic acid groups (broad SMARTS) is 1. The highest BCUT2D eigenvalue weighted by Gasteiger charge is 2.32. The summed E-state index contributed by atoms with van der Waals surface area (Å²) in [5.74, 6) is -0.567. The largest absolute Gasteiger partial charge is 0.477 e. The quantitative estimate of drug-likeness (QED) is 0.303. The molecule has 0 aromatic rings. The second-order valence-corrected chi connectivity index (χ2v) is 6.61. The molecule has 138 valence electrons. The lowest BCUT2D eigenvalue weighted by molar-refractivity contribution is -0.176. The summed E-state index contributed by atoms with van der Waals surface area (Å²) in [4.78, 5) is 22.5. The maximum Gasteiger partial charge on any atom is 0.360 e. The Labute approximate surface area is 145 Å². The van der Waals surface area contributed by atoms with E-state index >= 15 is 0 Å². The molecule has 0 aromatic heterocycles. The lowest BCUT2D eigenvalue weighted by Crippen LogP contribution is -2.23. The van der Waals surface area contributed by atoms with Crippen molar-refractivity contribution in [2.24, 2.45) is 11.8 Å². The number of Topliss-reactive ketones (excluding diaryl/α,β-unsaturated/α-hetero) is 1. The summed E-state index contributed by atoms with van der Waals surface area (Å²) in [5, 5.41) is 17.5. The van der Waals surface area contributed by atoms with Crippen LogP contribution in [0.5, 0.6) is 0 Å². The van der Waals surface area contributed by atoms with Crippen molar-refractivity contribution in [3.8, 4) is 0 Å². The van der Waals surface area contributed by atoms with E-state index in [-0.39, 0.29) is 12.5 Å². The van der Waals surface area contributed by atoms with Crippen LogP contribution >= 0.6 is 0 Å². The van der Waals surface area contributed by atoms with E-state index in [1.54, 1.807) is 0 Å². The van der Waals surface area contributed by atoms with E-state index in [2.05, 4.69) is 19.1 Å². The highest BCUT2D eigenvalue weighted by molar-refractivity contribution is 5.83. The number of aliphatic carboxylic acids is 1. The zero-order chi connectivity index (χ0) is 17.8. The van der Waals surface area contributed by atoms with Crippen LogP contribution in [-0.2, 0) is 14.3 Å². The molecule has 1 unspecified atom stereocenters. The molecule has 24 heavy (non-hydrogen) atoms. The summed E-state index contributed by atoms with van der Waals surface area (Å²) < 4.78 is 4.79. The summed E-state index contributed by atoms with van der Waals surface area (Å²) >= 11 is 0. The molecule has 1 saturated carbocycles. The predicted molar refractivity (Wildman–Crippen MR) is 92.6 cm³/mol. The van der Waals surface area contributed by atoms with Gasteiger partial charge < -0.3 is 14.9 Å². The molecule has 0 spiro atoms. The van der Waals surface area contributed by atoms with Crippen molar-refractivity contribution in [3.05, 3.63) is 12.2 Å². The number of hydrogen-bond donors (Lipinski definition) is 2. The first-order valence-electron chi connectivity index (χ1n) is 9.28. The second-order valence-electron chi connectivity index (χ2n) is 6.61. The van der Waals surface area contributed by atoms with E-state index in [0.717, 1.165) is 25.7 Å². The fourth-order valence-electron chi connectivity index (χ4n) is 3.23. The van der Waals surface area contributed by atoms with Gasteiger partial charge in [-0.15, -0.1) is 0 Å². The summed E-state index contributed by atoms with van der Waals surface area (Å²) in [6.45, 7) is 2.41. The van der Waals surface area contributed by atoms with Crippen molar-refractivity contribution in [1.82, 2.24) is 0 Å². The summed E-state index contributed by atoms with van der Waals surface area (Å²) in [5.41, 5.74) is 0. The molecule has 5 heteroatoms. The zero-order valence-electron chi connectivity index (χ0n) is 14.8. The van der Waals surface area contributed by atoms with Gasteiger partial charge in [0.15, 0.2) is 0 Å². The first-order valence-corrected chi connectivity index (χ1v) is 9.28. The first-order chi connectivity index (χ1) is 11.6. The third kappa shape index (κ3) is 8.06. The monoisotopic (exact) mass is 340 g/mol. The van der Waals surface area contributed by atoms with Gasteiger partial charge in [-0.05, 0) is 38.0 Å². The standard InChI is InChI=1S/C19H32O5/c1-2-3-4-5-6-7-10-15-12-13-17(20)16(15)11-8-9-14-24-19(23)18(21)22/h7,10,15-16,19,23H,2-6,8-9,11-14H2,1H3,(H,21,22)/t15-,16+,19?/m0/s1. The van der Waals surface area contributed by atoms with E-state index in [9.17, 15) is 9.59 Å². The van der Waals surface area contributed by atoms with Crippen LogP contribution < -0.4 is 0 Å². The number of unbranched alkanes of at least 4 members (excludes halogenated alkanes) is 5. The van der Waals surface area contributed by atoms with Crippen molar-refractivity contribution in [1.29, 1.82) is 0 Å². The molecule has 0 aromatic carbocycles. The van der Waals surface area contributed by atoms with Crippen LogP contribution in [0.3, 0.4) is 0 Å². The smallest absolute Gasteiger partial charge is 0.360 e. The number of carbonyl (C=O) groups excluding carboxylic acids is 1. The topological polar surface area (TPSA) is 83.8 Å². The molecule has 3 atom stereocenters. The van der Waals surface area contributed by atoms with Crippen molar-refractivity contribution < 1.29 is 24.5 Å². The molecule has 2 N–H and O–H groups in total. The average molecular weight is 340 g/mol. The summed E-state index contributed by atoms with van der Waals surface area (Å²) in [6.07, 6.45) is 12.7. The number of aliphatic hydroxyl groups excluding tert-OH is 1. The Hall–Kier alpha value is -1.20. The van der Waals surface area contributed by atoms with Crippen LogP contribution in [0, 0.1) is 11.8 Å². The maximum absolute atomic E-state index is 12.0. The minimum absolute atomic E-state index is 0.0984. The Bertz CT molecular complexity index is 405. The van der Waals surface area contributed by atoms with Gasteiger partial charge in [-0.2, -0.15) is 0 Å². The Morgan fingerprint density at radius 3 is 2.79 bits per heavy atom. The maximum atomic E-state index is 12.0. The number of hydrogen-bond acceptors (Lipinski definition) is 4. The number of carbonyl (C=O) groups is 2. The average Bonchev–Trinajstić information content (AvgIpc) is 2.90. The van der Waals surface area contributed by atoms with Gasteiger partial charge in [-0.3, -0.25) is 4.79 Å². The molecule has 0 heterocycles. The minimum atomic E-state index is -1.75. The third-order valence-corrected chi connectivity index (χ3v) is 4.66. The lowest BCUT2D eigenvalue weighted by Gasteiger charge is -2.15. The molecule has 5 nitrogen and oxygen atoms in total. The zero-order valence-corrected chi connectivity index (χ0v) is 14.8. The van der Waals surface area contributed by atoms with Gasteiger partial charge >= 0.3 is 5.97 Å². The highest BCUT2D eigenvalue weighted by Crippen LogP contribution is 2.33. The van der Waals surface area contributed by atoms with Crippen LogP contribution in [0.25, 0.3) is 0 Å². The fourth-order valence-corrected chi connectivity index (χ4v) is 3.23. The molecular weight excluding hydrogens is 308 g/mol. The molecule has 0 saturated heterocycles. The van der Waals surface area contributed by atoms with E-state index in [1.807, 2.05) is 0 Å². The Morgan fingerprint density at radius 2 is 2.08 bits per heavy atom. The van der Waals surface area contributed by atoms with E-state index in [0.29, 0.717) is 24.5 Å². The molecule has 0 radical (unpaired) electrons. The van der Waals surface area contributed by atoms with E-state index < -0.39 is 12.3 Å². The van der Waals surface area contributed by atoms with Crippen molar-refractivity contribution >= 4 is 11.8 Å². The van der Waals surface area contributed by atoms with Gasteiger partial charge in [-0.25, -0.2) is 4.79 Å². The fraction of sp³-hybridized carbons (Fsp3) is 0.789. The number of ketones is 1. The molecule has 1 rings (SSSR count). The van der Waals surface area contributed by atoms with Gasteiger partial charge in [0.2, 0.25) is 0 Å². The molecule has 1 fully saturated rings. The SMILES string of the molecule is CCCCCCC=C[C@H]1CCC(=O)[C@@H]1CCCCOC(O)C(=O)O.